The second kappa shape index (κ2) is 19.8. The fourth-order valence-corrected chi connectivity index (χ4v) is 4.99. The zero-order valence-electron chi connectivity index (χ0n) is 21.8. The Balaban J connectivity index is 0.000000263. The molecule has 2 atom stereocenters. The molecule has 0 radical (unpaired) electrons. The van der Waals surface area contributed by atoms with Crippen LogP contribution in [0.2, 0.25) is 0 Å². The summed E-state index contributed by atoms with van der Waals surface area (Å²) in [6.45, 7) is 0.625. The Labute approximate surface area is 233 Å². The molecule has 0 saturated heterocycles. The molecular weight excluding hydrogens is 494 g/mol. The second-order valence-electron chi connectivity index (χ2n) is 9.03. The Hall–Kier alpha value is -2.25. The van der Waals surface area contributed by atoms with Crippen molar-refractivity contribution in [2.75, 3.05) is 23.8 Å². The lowest BCUT2D eigenvalue weighted by Crippen LogP contribution is -2.46. The monoisotopic (exact) mass is 537 g/mol. The summed E-state index contributed by atoms with van der Waals surface area (Å²) in [6.07, 6.45) is 5.54. The molecule has 5 N–H and O–H groups in total. The number of carbonyl (C=O) groups is 1. The largest absolute Gasteiger partial charge is 0.351 e. The summed E-state index contributed by atoms with van der Waals surface area (Å²) >= 11 is 6.29. The Bertz CT molecular complexity index is 916. The first-order chi connectivity index (χ1) is 18.1. The third-order valence-electron chi connectivity index (χ3n) is 6.00. The van der Waals surface area contributed by atoms with Crippen molar-refractivity contribution in [1.29, 1.82) is 0 Å². The lowest BCUT2D eigenvalue weighted by Gasteiger charge is -2.19. The van der Waals surface area contributed by atoms with Crippen LogP contribution in [0, 0.1) is 0 Å². The molecule has 1 amide bonds. The first kappa shape index (κ1) is 31.0. The zero-order valence-corrected chi connectivity index (χ0v) is 23.5. The summed E-state index contributed by atoms with van der Waals surface area (Å²) in [5.74, 6) is 2.95. The minimum atomic E-state index is -0.476. The van der Waals surface area contributed by atoms with Crippen LogP contribution in [0.25, 0.3) is 0 Å². The van der Waals surface area contributed by atoms with Gasteiger partial charge in [0.1, 0.15) is 0 Å². The van der Waals surface area contributed by atoms with Gasteiger partial charge in [-0.3, -0.25) is 4.79 Å². The lowest BCUT2D eigenvalue weighted by atomic mass is 10.0. The summed E-state index contributed by atoms with van der Waals surface area (Å²) in [4.78, 5) is 12.0. The van der Waals surface area contributed by atoms with Crippen molar-refractivity contribution in [1.82, 2.24) is 5.32 Å². The van der Waals surface area contributed by atoms with Crippen molar-refractivity contribution in [3.05, 3.63) is 108 Å². The van der Waals surface area contributed by atoms with E-state index < -0.39 is 6.04 Å². The smallest absolute Gasteiger partial charge is 0.237 e. The van der Waals surface area contributed by atoms with Crippen LogP contribution in [0.3, 0.4) is 0 Å². The molecule has 0 fully saturated rings. The van der Waals surface area contributed by atoms with E-state index in [1.807, 2.05) is 42.1 Å². The van der Waals surface area contributed by atoms with Gasteiger partial charge in [-0.25, -0.2) is 0 Å². The van der Waals surface area contributed by atoms with Crippen molar-refractivity contribution in [3.8, 4) is 0 Å². The maximum atomic E-state index is 12.0. The van der Waals surface area contributed by atoms with Crippen LogP contribution in [0.15, 0.2) is 91.0 Å². The Morgan fingerprint density at radius 1 is 0.757 bits per heavy atom. The standard InChI is InChI=1S/C16H18S.C15H25N3OS/c1-3-7-15(8-4-1)11-13-17-14-12-16-9-5-2-6-10-16;16-10-4-7-13(11-20)18-15(19)14(17)9-8-12-5-2-1-3-6-12/h1-10H,11-14H2;1-3,5-6,13-14,20H,4,7-11,16-17H2,(H,18,19)/t;13-,14-/m.0/s1. The molecule has 0 unspecified atom stereocenters. The predicted molar refractivity (Wildman–Crippen MR) is 164 cm³/mol. The van der Waals surface area contributed by atoms with Crippen molar-refractivity contribution >= 4 is 30.3 Å². The van der Waals surface area contributed by atoms with Gasteiger partial charge in [-0.05, 0) is 73.3 Å². The quantitative estimate of drug-likeness (QED) is 0.157. The number of thioether (sulfide) groups is 1. The minimum absolute atomic E-state index is 0.0529. The molecule has 0 bridgehead atoms. The molecule has 3 rings (SSSR count). The molecular formula is C31H43N3OS2. The molecule has 0 heterocycles. The van der Waals surface area contributed by atoms with Gasteiger partial charge in [-0.2, -0.15) is 24.4 Å². The highest BCUT2D eigenvalue weighted by molar-refractivity contribution is 7.99. The van der Waals surface area contributed by atoms with Gasteiger partial charge >= 0.3 is 0 Å². The highest BCUT2D eigenvalue weighted by atomic mass is 32.2. The van der Waals surface area contributed by atoms with Crippen LogP contribution in [0.1, 0.15) is 36.0 Å². The van der Waals surface area contributed by atoms with Gasteiger partial charge in [-0.15, -0.1) is 0 Å². The van der Waals surface area contributed by atoms with Crippen molar-refractivity contribution in [2.45, 2.75) is 50.6 Å². The Kier molecular flexibility index (Phi) is 16.6. The molecule has 3 aromatic rings. The average molecular weight is 538 g/mol. The lowest BCUT2D eigenvalue weighted by molar-refractivity contribution is -0.123. The maximum Gasteiger partial charge on any atom is 0.237 e. The summed E-state index contributed by atoms with van der Waals surface area (Å²) in [7, 11) is 0. The molecule has 0 saturated carbocycles. The fourth-order valence-electron chi connectivity index (χ4n) is 3.75. The Morgan fingerprint density at radius 3 is 1.65 bits per heavy atom. The van der Waals surface area contributed by atoms with Crippen LogP contribution < -0.4 is 16.8 Å². The van der Waals surface area contributed by atoms with E-state index in [2.05, 4.69) is 78.6 Å². The van der Waals surface area contributed by atoms with Crippen molar-refractivity contribution in [3.63, 3.8) is 0 Å². The van der Waals surface area contributed by atoms with E-state index in [0.717, 1.165) is 19.3 Å². The van der Waals surface area contributed by atoms with Gasteiger partial charge in [0.25, 0.3) is 0 Å². The average Bonchev–Trinajstić information content (AvgIpc) is 2.95. The van der Waals surface area contributed by atoms with Gasteiger partial charge < -0.3 is 16.8 Å². The molecule has 0 aromatic heterocycles. The minimum Gasteiger partial charge on any atom is -0.351 e. The summed E-state index contributed by atoms with van der Waals surface area (Å²) in [5, 5.41) is 2.94. The summed E-state index contributed by atoms with van der Waals surface area (Å²) in [6, 6.07) is 31.1. The van der Waals surface area contributed by atoms with Crippen LogP contribution in [0.4, 0.5) is 0 Å². The van der Waals surface area contributed by atoms with Gasteiger partial charge in [0.2, 0.25) is 5.91 Å². The number of nitrogens with one attached hydrogen (secondary N) is 1. The van der Waals surface area contributed by atoms with Crippen LogP contribution in [0.5, 0.6) is 0 Å². The van der Waals surface area contributed by atoms with Crippen molar-refractivity contribution in [2.24, 2.45) is 11.5 Å². The molecule has 0 aliphatic rings. The number of nitrogens with two attached hydrogens (primary N) is 2. The molecule has 4 nitrogen and oxygen atoms in total. The van der Waals surface area contributed by atoms with E-state index in [4.69, 9.17) is 11.5 Å². The number of thiol groups is 1. The number of rotatable bonds is 15. The number of carbonyl (C=O) groups excluding carboxylic acids is 1. The van der Waals surface area contributed by atoms with Crippen LogP contribution in [-0.2, 0) is 24.1 Å². The molecule has 6 heteroatoms. The molecule has 3 aromatic carbocycles. The van der Waals surface area contributed by atoms with Gasteiger partial charge in [0.05, 0.1) is 6.04 Å². The van der Waals surface area contributed by atoms with E-state index in [-0.39, 0.29) is 11.9 Å². The van der Waals surface area contributed by atoms with E-state index >= 15 is 0 Å². The van der Waals surface area contributed by atoms with Crippen LogP contribution >= 0.6 is 24.4 Å². The van der Waals surface area contributed by atoms with Crippen LogP contribution in [-0.4, -0.2) is 41.8 Å². The Morgan fingerprint density at radius 2 is 1.22 bits per heavy atom. The van der Waals surface area contributed by atoms with E-state index in [0.29, 0.717) is 18.7 Å². The van der Waals surface area contributed by atoms with E-state index in [1.165, 1.54) is 41.0 Å². The van der Waals surface area contributed by atoms with Crippen molar-refractivity contribution < 1.29 is 4.79 Å². The third kappa shape index (κ3) is 14.3. The van der Waals surface area contributed by atoms with Gasteiger partial charge in [0, 0.05) is 11.8 Å². The highest BCUT2D eigenvalue weighted by Crippen LogP contribution is 2.10. The first-order valence-electron chi connectivity index (χ1n) is 13.2. The number of benzene rings is 3. The predicted octanol–water partition coefficient (Wildman–Crippen LogP) is 5.31. The number of hydrogen-bond acceptors (Lipinski definition) is 5. The highest BCUT2D eigenvalue weighted by Gasteiger charge is 2.17. The first-order valence-corrected chi connectivity index (χ1v) is 15.0. The van der Waals surface area contributed by atoms with Gasteiger partial charge in [0.15, 0.2) is 0 Å². The molecule has 0 spiro atoms. The van der Waals surface area contributed by atoms with Gasteiger partial charge in [-0.1, -0.05) is 91.0 Å². The summed E-state index contributed by atoms with van der Waals surface area (Å²) < 4.78 is 0. The number of hydrogen-bond donors (Lipinski definition) is 4. The molecule has 37 heavy (non-hydrogen) atoms. The third-order valence-corrected chi connectivity index (χ3v) is 7.43. The normalized spacial score (nSPS) is 12.2. The molecule has 0 aliphatic heterocycles. The fraction of sp³-hybridized carbons (Fsp3) is 0.387. The van der Waals surface area contributed by atoms with E-state index in [1.54, 1.807) is 0 Å². The molecule has 0 aliphatic carbocycles. The number of amides is 1. The molecule has 200 valence electrons. The zero-order chi connectivity index (χ0) is 26.6. The SMILES string of the molecule is NCCC[C@@H](CS)NC(=O)[C@@H](N)CCc1ccccc1.c1ccc(CCSCCc2ccccc2)cc1. The topological polar surface area (TPSA) is 81.1 Å². The summed E-state index contributed by atoms with van der Waals surface area (Å²) in [5.41, 5.74) is 15.5. The van der Waals surface area contributed by atoms with E-state index in [9.17, 15) is 4.79 Å². The second-order valence-corrected chi connectivity index (χ2v) is 10.6. The number of aryl methyl sites for hydroxylation is 3. The maximum absolute atomic E-state index is 12.0.